The molecule has 0 atom stereocenters. The van der Waals surface area contributed by atoms with Crippen molar-refractivity contribution in [2.45, 2.75) is 17.3 Å². The Morgan fingerprint density at radius 1 is 0.435 bits per heavy atom. The highest BCUT2D eigenvalue weighted by atomic mass is 79.9. The lowest BCUT2D eigenvalue weighted by atomic mass is 10.2. The number of hydrogen-bond donors (Lipinski definition) is 0. The third-order valence-electron chi connectivity index (χ3n) is 3.64. The molecule has 2 heteroatoms. The molecule has 0 amide bonds. The summed E-state index contributed by atoms with van der Waals surface area (Å²) in [5.41, 5.74) is 4.33. The maximum atomic E-state index is 2.25. The molecule has 0 aliphatic rings. The lowest BCUT2D eigenvalue weighted by molar-refractivity contribution is -0.00000449. The van der Waals surface area contributed by atoms with Crippen LogP contribution in [0.15, 0.2) is 91.0 Å². The monoisotopic (exact) mass is 384 g/mol. The van der Waals surface area contributed by atoms with E-state index in [0.717, 1.165) is 17.3 Å². The van der Waals surface area contributed by atoms with Gasteiger partial charge in [0.25, 0.3) is 0 Å². The van der Waals surface area contributed by atoms with Crippen molar-refractivity contribution in [3.63, 3.8) is 0 Å². The minimum Gasteiger partial charge on any atom is -1.00 e. The first-order chi connectivity index (χ1) is 10.9. The van der Waals surface area contributed by atoms with E-state index in [-0.39, 0.29) is 17.0 Å². The summed E-state index contributed by atoms with van der Waals surface area (Å²) in [5, 5.41) is 0. The van der Waals surface area contributed by atoms with E-state index in [1.807, 2.05) is 0 Å². The third kappa shape index (κ3) is 5.89. The van der Waals surface area contributed by atoms with Gasteiger partial charge in [0, 0.05) is 27.6 Å². The molecule has 0 unspecified atom stereocenters. The number of hydrogen-bond acceptors (Lipinski definition) is 0. The molecule has 0 aromatic heterocycles. The Labute approximate surface area is 152 Å². The zero-order valence-electron chi connectivity index (χ0n) is 13.1. The third-order valence-corrected chi connectivity index (χ3v) is 5.87. The molecule has 23 heavy (non-hydrogen) atoms. The summed E-state index contributed by atoms with van der Waals surface area (Å²) in [5.74, 6) is 3.47. The van der Waals surface area contributed by atoms with Crippen molar-refractivity contribution in [2.75, 3.05) is 0 Å². The van der Waals surface area contributed by atoms with E-state index < -0.39 is 0 Å². The van der Waals surface area contributed by atoms with Crippen molar-refractivity contribution in [3.05, 3.63) is 108 Å². The molecule has 0 fully saturated rings. The SMILES string of the molecule is [Br-].c1ccc(C[S+](Cc2ccccc2)Cc2ccccc2)cc1. The molecule has 118 valence electrons. The van der Waals surface area contributed by atoms with E-state index in [2.05, 4.69) is 91.0 Å². The van der Waals surface area contributed by atoms with Gasteiger partial charge in [-0.25, -0.2) is 0 Å². The van der Waals surface area contributed by atoms with Gasteiger partial charge in [0.05, 0.1) is 0 Å². The first-order valence-electron chi connectivity index (χ1n) is 7.66. The summed E-state index contributed by atoms with van der Waals surface area (Å²) in [6.45, 7) is 0. The van der Waals surface area contributed by atoms with E-state index >= 15 is 0 Å². The minimum absolute atomic E-state index is 0. The van der Waals surface area contributed by atoms with Crippen LogP contribution in [0.4, 0.5) is 0 Å². The summed E-state index contributed by atoms with van der Waals surface area (Å²) in [6, 6.07) is 32.6. The summed E-state index contributed by atoms with van der Waals surface area (Å²) in [6.07, 6.45) is 0. The standard InChI is InChI=1S/C21H21S.BrH/c1-4-10-19(11-5-1)16-22(17-20-12-6-2-7-13-20)18-21-14-8-3-9-15-21;/h1-15H,16-18H2;1H/q+1;/p-1. The zero-order valence-corrected chi connectivity index (χ0v) is 15.5. The zero-order chi connectivity index (χ0) is 15.0. The van der Waals surface area contributed by atoms with Gasteiger partial charge < -0.3 is 17.0 Å². The molecule has 0 aliphatic carbocycles. The Morgan fingerprint density at radius 2 is 0.696 bits per heavy atom. The van der Waals surface area contributed by atoms with Crippen LogP contribution >= 0.6 is 0 Å². The summed E-state index contributed by atoms with van der Waals surface area (Å²) < 4.78 is 0. The van der Waals surface area contributed by atoms with Crippen molar-refractivity contribution in [2.24, 2.45) is 0 Å². The molecule has 0 heterocycles. The van der Waals surface area contributed by atoms with Crippen LogP contribution in [0.2, 0.25) is 0 Å². The van der Waals surface area contributed by atoms with Crippen molar-refractivity contribution in [1.29, 1.82) is 0 Å². The van der Waals surface area contributed by atoms with E-state index in [1.54, 1.807) is 0 Å². The first kappa shape index (κ1) is 17.8. The molecule has 0 saturated carbocycles. The van der Waals surface area contributed by atoms with Crippen LogP contribution in [0.5, 0.6) is 0 Å². The van der Waals surface area contributed by atoms with Gasteiger partial charge in [0.2, 0.25) is 0 Å². The van der Waals surface area contributed by atoms with Gasteiger partial charge in [-0.15, -0.1) is 0 Å². The van der Waals surface area contributed by atoms with Crippen molar-refractivity contribution in [3.8, 4) is 0 Å². The molecule has 3 rings (SSSR count). The van der Waals surface area contributed by atoms with E-state index in [0.29, 0.717) is 10.9 Å². The second-order valence-electron chi connectivity index (χ2n) is 5.50. The molecule has 3 aromatic rings. The highest BCUT2D eigenvalue weighted by Gasteiger charge is 2.20. The summed E-state index contributed by atoms with van der Waals surface area (Å²) in [4.78, 5) is 0. The number of benzene rings is 3. The molecule has 0 radical (unpaired) electrons. The smallest absolute Gasteiger partial charge is 0.133 e. The molecular formula is C21H21BrS. The minimum atomic E-state index is 0. The lowest BCUT2D eigenvalue weighted by Crippen LogP contribution is -3.00. The predicted octanol–water partition coefficient (Wildman–Crippen LogP) is 2.21. The maximum Gasteiger partial charge on any atom is 0.133 e. The van der Waals surface area contributed by atoms with Gasteiger partial charge in [-0.1, -0.05) is 91.0 Å². The summed E-state index contributed by atoms with van der Waals surface area (Å²) >= 11 is 0. The average molecular weight is 385 g/mol. The molecule has 3 aromatic carbocycles. The molecule has 0 spiro atoms. The second kappa shape index (κ2) is 9.59. The van der Waals surface area contributed by atoms with Gasteiger partial charge in [0.15, 0.2) is 0 Å². The molecule has 0 nitrogen and oxygen atoms in total. The van der Waals surface area contributed by atoms with Gasteiger partial charge >= 0.3 is 0 Å². The maximum absolute atomic E-state index is 2.25. The Balaban J connectivity index is 0.00000192. The molecule has 0 aliphatic heterocycles. The topological polar surface area (TPSA) is 0 Å². The van der Waals surface area contributed by atoms with Crippen molar-refractivity contribution < 1.29 is 17.0 Å². The largest absolute Gasteiger partial charge is 1.00 e. The van der Waals surface area contributed by atoms with Crippen LogP contribution in [0, 0.1) is 0 Å². The molecular weight excluding hydrogens is 364 g/mol. The van der Waals surface area contributed by atoms with Crippen LogP contribution in [-0.4, -0.2) is 0 Å². The fourth-order valence-electron chi connectivity index (χ4n) is 2.58. The fraction of sp³-hybridized carbons (Fsp3) is 0.143. The van der Waals surface area contributed by atoms with Gasteiger partial charge in [-0.2, -0.15) is 0 Å². The van der Waals surface area contributed by atoms with E-state index in [9.17, 15) is 0 Å². The summed E-state index contributed by atoms with van der Waals surface area (Å²) in [7, 11) is 0.323. The van der Waals surface area contributed by atoms with Crippen LogP contribution in [0.25, 0.3) is 0 Å². The molecule has 0 bridgehead atoms. The van der Waals surface area contributed by atoms with Gasteiger partial charge in [-0.3, -0.25) is 0 Å². The van der Waals surface area contributed by atoms with Crippen molar-refractivity contribution >= 4 is 10.9 Å². The van der Waals surface area contributed by atoms with Crippen LogP contribution in [0.1, 0.15) is 16.7 Å². The normalized spacial score (nSPS) is 10.3. The lowest BCUT2D eigenvalue weighted by Gasteiger charge is -2.10. The van der Waals surface area contributed by atoms with E-state index in [4.69, 9.17) is 0 Å². The highest BCUT2D eigenvalue weighted by Crippen LogP contribution is 2.19. The van der Waals surface area contributed by atoms with E-state index in [1.165, 1.54) is 16.7 Å². The Bertz CT molecular complexity index is 569. The van der Waals surface area contributed by atoms with Crippen LogP contribution in [0.3, 0.4) is 0 Å². The molecule has 0 saturated heterocycles. The predicted molar refractivity (Wildman–Crippen MR) is 97.8 cm³/mol. The van der Waals surface area contributed by atoms with Crippen LogP contribution < -0.4 is 17.0 Å². The average Bonchev–Trinajstić information content (AvgIpc) is 2.57. The van der Waals surface area contributed by atoms with Crippen molar-refractivity contribution in [1.82, 2.24) is 0 Å². The number of halogens is 1. The van der Waals surface area contributed by atoms with Gasteiger partial charge in [-0.05, 0) is 0 Å². The van der Waals surface area contributed by atoms with Gasteiger partial charge in [0.1, 0.15) is 17.3 Å². The highest BCUT2D eigenvalue weighted by molar-refractivity contribution is 7.94. The quantitative estimate of drug-likeness (QED) is 0.571. The van der Waals surface area contributed by atoms with Crippen LogP contribution in [-0.2, 0) is 28.2 Å². The Morgan fingerprint density at radius 3 is 0.957 bits per heavy atom. The number of rotatable bonds is 6. The molecule has 0 N–H and O–H groups in total. The fourth-order valence-corrected chi connectivity index (χ4v) is 4.88. The first-order valence-corrected chi connectivity index (χ1v) is 9.39. The Kier molecular flexibility index (Phi) is 7.44. The second-order valence-corrected chi connectivity index (χ2v) is 7.59. The Hall–Kier alpha value is -1.51.